The van der Waals surface area contributed by atoms with E-state index < -0.39 is 5.97 Å². The van der Waals surface area contributed by atoms with Crippen LogP contribution in [0.3, 0.4) is 0 Å². The molecule has 0 saturated carbocycles. The smallest absolute Gasteiger partial charge is 0.336 e. The lowest BCUT2D eigenvalue weighted by atomic mass is 9.99. The summed E-state index contributed by atoms with van der Waals surface area (Å²) >= 11 is 0. The molecule has 0 spiro atoms. The fourth-order valence-corrected chi connectivity index (χ4v) is 3.37. The Labute approximate surface area is 160 Å². The normalized spacial score (nSPS) is 11.6. The second kappa shape index (κ2) is 8.53. The average molecular weight is 357 g/mol. The van der Waals surface area contributed by atoms with E-state index in [4.69, 9.17) is 0 Å². The number of fused-ring (bicyclic) bond motifs is 1. The van der Waals surface area contributed by atoms with Gasteiger partial charge in [0.25, 0.3) is 0 Å². The summed E-state index contributed by atoms with van der Waals surface area (Å²) in [6, 6.07) is 20.1. The molecule has 27 heavy (non-hydrogen) atoms. The van der Waals surface area contributed by atoms with E-state index in [-0.39, 0.29) is 6.04 Å². The zero-order valence-electron chi connectivity index (χ0n) is 15.6. The standard InChI is InChI=1S/C24H23NO2/c1-3-20-18(10-7-15-23(20)24(26)27)12-8-16-25-17(2)21-14-6-11-19-9-4-5-13-22(19)21/h4-7,9-11,13-15,17,25H,3,16H2,1-2H3,(H,26,27)/t17-/m1/s1. The molecule has 0 bridgehead atoms. The maximum atomic E-state index is 11.4. The number of hydrogen-bond donors (Lipinski definition) is 2. The third-order valence-electron chi connectivity index (χ3n) is 4.77. The zero-order valence-corrected chi connectivity index (χ0v) is 15.6. The predicted octanol–water partition coefficient (Wildman–Crippen LogP) is 4.80. The molecule has 0 aromatic heterocycles. The molecule has 0 heterocycles. The Balaban J connectivity index is 1.74. The van der Waals surface area contributed by atoms with Crippen molar-refractivity contribution in [3.05, 3.63) is 82.9 Å². The van der Waals surface area contributed by atoms with Crippen molar-refractivity contribution in [3.63, 3.8) is 0 Å². The molecule has 136 valence electrons. The summed E-state index contributed by atoms with van der Waals surface area (Å²) in [4.78, 5) is 11.4. The summed E-state index contributed by atoms with van der Waals surface area (Å²) in [5, 5.41) is 15.2. The summed E-state index contributed by atoms with van der Waals surface area (Å²) in [6.07, 6.45) is 0.645. The minimum Gasteiger partial charge on any atom is -0.478 e. The lowest BCUT2D eigenvalue weighted by Gasteiger charge is -2.15. The minimum atomic E-state index is -0.904. The van der Waals surface area contributed by atoms with Crippen LogP contribution in [0, 0.1) is 11.8 Å². The average Bonchev–Trinajstić information content (AvgIpc) is 2.70. The van der Waals surface area contributed by atoms with Crippen LogP contribution in [0.4, 0.5) is 0 Å². The molecule has 0 aliphatic rings. The number of carboxylic acids is 1. The topological polar surface area (TPSA) is 49.3 Å². The van der Waals surface area contributed by atoms with E-state index in [2.05, 4.69) is 60.5 Å². The maximum Gasteiger partial charge on any atom is 0.336 e. The number of carbonyl (C=O) groups is 1. The van der Waals surface area contributed by atoms with E-state index >= 15 is 0 Å². The molecule has 0 radical (unpaired) electrons. The Bertz CT molecular complexity index is 1020. The van der Waals surface area contributed by atoms with Gasteiger partial charge in [-0.2, -0.15) is 0 Å². The summed E-state index contributed by atoms with van der Waals surface area (Å²) in [5.74, 6) is 5.36. The Kier molecular flexibility index (Phi) is 5.90. The Hall–Kier alpha value is -3.09. The summed E-state index contributed by atoms with van der Waals surface area (Å²) < 4.78 is 0. The van der Waals surface area contributed by atoms with Gasteiger partial charge in [-0.25, -0.2) is 4.79 Å². The van der Waals surface area contributed by atoms with Gasteiger partial charge in [0, 0.05) is 11.6 Å². The first-order valence-electron chi connectivity index (χ1n) is 9.17. The van der Waals surface area contributed by atoms with E-state index in [1.54, 1.807) is 12.1 Å². The van der Waals surface area contributed by atoms with Crippen molar-refractivity contribution in [2.24, 2.45) is 0 Å². The third-order valence-corrected chi connectivity index (χ3v) is 4.77. The van der Waals surface area contributed by atoms with E-state index in [1.807, 2.05) is 19.1 Å². The van der Waals surface area contributed by atoms with Gasteiger partial charge in [0.2, 0.25) is 0 Å². The third kappa shape index (κ3) is 4.19. The molecule has 3 aromatic rings. The highest BCUT2D eigenvalue weighted by atomic mass is 16.4. The van der Waals surface area contributed by atoms with Crippen molar-refractivity contribution in [2.75, 3.05) is 6.54 Å². The monoisotopic (exact) mass is 357 g/mol. The highest BCUT2D eigenvalue weighted by molar-refractivity contribution is 5.90. The molecule has 0 saturated heterocycles. The molecule has 3 rings (SSSR count). The SMILES string of the molecule is CCc1c(C#CCN[C@H](C)c2cccc3ccccc23)cccc1C(=O)O. The summed E-state index contributed by atoms with van der Waals surface area (Å²) in [6.45, 7) is 4.62. The first-order valence-corrected chi connectivity index (χ1v) is 9.17. The molecule has 0 amide bonds. The molecule has 1 atom stereocenters. The lowest BCUT2D eigenvalue weighted by Crippen LogP contribution is -2.19. The highest BCUT2D eigenvalue weighted by Crippen LogP contribution is 2.23. The van der Waals surface area contributed by atoms with Gasteiger partial charge in [-0.3, -0.25) is 5.32 Å². The van der Waals surface area contributed by atoms with Crippen LogP contribution >= 0.6 is 0 Å². The van der Waals surface area contributed by atoms with Crippen molar-refractivity contribution < 1.29 is 9.90 Å². The molecule has 2 N–H and O–H groups in total. The van der Waals surface area contributed by atoms with E-state index in [0.29, 0.717) is 18.5 Å². The number of aromatic carboxylic acids is 1. The molecule has 0 fully saturated rings. The van der Waals surface area contributed by atoms with Gasteiger partial charge >= 0.3 is 5.97 Å². The fraction of sp³-hybridized carbons (Fsp3) is 0.208. The van der Waals surface area contributed by atoms with Gasteiger partial charge in [-0.1, -0.05) is 67.3 Å². The van der Waals surface area contributed by atoms with Crippen molar-refractivity contribution >= 4 is 16.7 Å². The molecule has 0 unspecified atom stereocenters. The van der Waals surface area contributed by atoms with Crippen LogP contribution < -0.4 is 5.32 Å². The summed E-state index contributed by atoms with van der Waals surface area (Å²) in [7, 11) is 0. The molecular formula is C24H23NO2. The summed E-state index contributed by atoms with van der Waals surface area (Å²) in [5.41, 5.74) is 3.16. The molecule has 0 aliphatic carbocycles. The van der Waals surface area contributed by atoms with Crippen molar-refractivity contribution in [2.45, 2.75) is 26.3 Å². The fourth-order valence-electron chi connectivity index (χ4n) is 3.37. The van der Waals surface area contributed by atoms with Crippen LogP contribution in [-0.4, -0.2) is 17.6 Å². The van der Waals surface area contributed by atoms with Crippen molar-refractivity contribution in [1.82, 2.24) is 5.32 Å². The molecule has 0 aliphatic heterocycles. The van der Waals surface area contributed by atoms with Crippen LogP contribution in [0.1, 0.15) is 46.9 Å². The second-order valence-electron chi connectivity index (χ2n) is 6.46. The quantitative estimate of drug-likeness (QED) is 0.645. The lowest BCUT2D eigenvalue weighted by molar-refractivity contribution is 0.0695. The second-order valence-corrected chi connectivity index (χ2v) is 6.46. The van der Waals surface area contributed by atoms with Crippen LogP contribution in [0.25, 0.3) is 10.8 Å². The molecule has 3 nitrogen and oxygen atoms in total. The minimum absolute atomic E-state index is 0.168. The zero-order chi connectivity index (χ0) is 19.2. The Morgan fingerprint density at radius 3 is 2.59 bits per heavy atom. The molecule has 3 aromatic carbocycles. The largest absolute Gasteiger partial charge is 0.478 e. The Morgan fingerprint density at radius 2 is 1.81 bits per heavy atom. The van der Waals surface area contributed by atoms with Gasteiger partial charge in [-0.05, 0) is 47.4 Å². The van der Waals surface area contributed by atoms with Gasteiger partial charge in [-0.15, -0.1) is 0 Å². The van der Waals surface area contributed by atoms with Crippen LogP contribution in [0.5, 0.6) is 0 Å². The van der Waals surface area contributed by atoms with E-state index in [1.165, 1.54) is 16.3 Å². The molecule has 3 heteroatoms. The number of rotatable bonds is 5. The van der Waals surface area contributed by atoms with Gasteiger partial charge in [0.05, 0.1) is 12.1 Å². The number of hydrogen-bond acceptors (Lipinski definition) is 2. The number of benzene rings is 3. The van der Waals surface area contributed by atoms with Crippen molar-refractivity contribution in [1.29, 1.82) is 0 Å². The van der Waals surface area contributed by atoms with Crippen molar-refractivity contribution in [3.8, 4) is 11.8 Å². The first kappa shape index (κ1) is 18.7. The van der Waals surface area contributed by atoms with Gasteiger partial charge in [0.15, 0.2) is 0 Å². The predicted molar refractivity (Wildman–Crippen MR) is 110 cm³/mol. The van der Waals surface area contributed by atoms with Crippen LogP contribution in [0.2, 0.25) is 0 Å². The maximum absolute atomic E-state index is 11.4. The highest BCUT2D eigenvalue weighted by Gasteiger charge is 2.11. The number of carboxylic acid groups (broad SMARTS) is 1. The van der Waals surface area contributed by atoms with Gasteiger partial charge < -0.3 is 5.11 Å². The van der Waals surface area contributed by atoms with E-state index in [9.17, 15) is 9.90 Å². The number of nitrogens with one attached hydrogen (secondary N) is 1. The van der Waals surface area contributed by atoms with E-state index in [0.717, 1.165) is 11.1 Å². The van der Waals surface area contributed by atoms with Crippen LogP contribution in [-0.2, 0) is 6.42 Å². The first-order chi connectivity index (χ1) is 13.1. The Morgan fingerprint density at radius 1 is 1.07 bits per heavy atom. The molecular weight excluding hydrogens is 334 g/mol. The van der Waals surface area contributed by atoms with Gasteiger partial charge in [0.1, 0.15) is 0 Å². The van der Waals surface area contributed by atoms with Crippen LogP contribution in [0.15, 0.2) is 60.7 Å².